The molecule has 3 heterocycles. The molecule has 0 radical (unpaired) electrons. The van der Waals surface area contributed by atoms with Gasteiger partial charge in [0, 0.05) is 18.8 Å². The minimum atomic E-state index is 0.547. The summed E-state index contributed by atoms with van der Waals surface area (Å²) in [5, 5.41) is 10.4. The molecule has 0 aromatic carbocycles. The number of nitrogen functional groups attached to an aromatic ring is 1. The van der Waals surface area contributed by atoms with Crippen LogP contribution in [0.2, 0.25) is 0 Å². The second-order valence-electron chi connectivity index (χ2n) is 4.67. The molecule has 5 nitrogen and oxygen atoms in total. The van der Waals surface area contributed by atoms with Crippen molar-refractivity contribution >= 4 is 33.1 Å². The number of hydrogen-bond acceptors (Lipinski definition) is 5. The zero-order valence-corrected chi connectivity index (χ0v) is 12.1. The van der Waals surface area contributed by atoms with Crippen molar-refractivity contribution in [2.45, 2.75) is 19.8 Å². The fourth-order valence-corrected chi connectivity index (χ4v) is 3.16. The van der Waals surface area contributed by atoms with Crippen LogP contribution >= 0.6 is 11.3 Å². The number of rotatable bonds is 5. The van der Waals surface area contributed by atoms with Gasteiger partial charge < -0.3 is 11.1 Å². The highest BCUT2D eigenvalue weighted by molar-refractivity contribution is 7.22. The highest BCUT2D eigenvalue weighted by atomic mass is 32.1. The van der Waals surface area contributed by atoms with E-state index in [4.69, 9.17) is 5.73 Å². The first-order valence-electron chi connectivity index (χ1n) is 6.71. The predicted octanol–water partition coefficient (Wildman–Crippen LogP) is 3.48. The number of fused-ring (bicyclic) bond motifs is 1. The number of H-pyrrole nitrogens is 1. The average molecular weight is 287 g/mol. The maximum Gasteiger partial charge on any atom is 0.126 e. The predicted molar refractivity (Wildman–Crippen MR) is 85.0 cm³/mol. The Bertz CT molecular complexity index is 702. The molecule has 6 heteroatoms. The van der Waals surface area contributed by atoms with Crippen molar-refractivity contribution < 1.29 is 0 Å². The number of nitrogens with zero attached hydrogens (tertiary/aromatic N) is 2. The van der Waals surface area contributed by atoms with E-state index in [1.165, 1.54) is 6.42 Å². The average Bonchev–Trinajstić information content (AvgIpc) is 3.06. The fraction of sp³-hybridized carbons (Fsp3) is 0.286. The molecule has 0 spiro atoms. The van der Waals surface area contributed by atoms with Crippen molar-refractivity contribution in [2.24, 2.45) is 0 Å². The van der Waals surface area contributed by atoms with Crippen LogP contribution in [0.1, 0.15) is 19.8 Å². The molecule has 20 heavy (non-hydrogen) atoms. The number of aromatic nitrogens is 3. The maximum atomic E-state index is 5.89. The summed E-state index contributed by atoms with van der Waals surface area (Å²) >= 11 is 1.70. The zero-order valence-electron chi connectivity index (χ0n) is 11.3. The van der Waals surface area contributed by atoms with E-state index >= 15 is 0 Å². The quantitative estimate of drug-likeness (QED) is 0.628. The van der Waals surface area contributed by atoms with E-state index in [0.717, 1.165) is 39.4 Å². The number of nitrogens with one attached hydrogen (secondary N) is 2. The van der Waals surface area contributed by atoms with E-state index in [9.17, 15) is 0 Å². The summed E-state index contributed by atoms with van der Waals surface area (Å²) in [6.45, 7) is 3.13. The molecule has 0 saturated carbocycles. The van der Waals surface area contributed by atoms with Crippen LogP contribution in [-0.2, 0) is 0 Å². The van der Waals surface area contributed by atoms with Gasteiger partial charge in [0.15, 0.2) is 0 Å². The van der Waals surface area contributed by atoms with E-state index in [-0.39, 0.29) is 0 Å². The molecule has 0 unspecified atom stereocenters. The largest absolute Gasteiger partial charge is 0.384 e. The summed E-state index contributed by atoms with van der Waals surface area (Å²) in [4.78, 5) is 5.53. The molecular weight excluding hydrogens is 270 g/mol. The van der Waals surface area contributed by atoms with Gasteiger partial charge in [-0.1, -0.05) is 13.3 Å². The number of nitrogens with two attached hydrogens (primary N) is 1. The second-order valence-corrected chi connectivity index (χ2v) is 5.72. The first-order valence-corrected chi connectivity index (χ1v) is 7.53. The molecule has 0 aliphatic rings. The highest BCUT2D eigenvalue weighted by Crippen LogP contribution is 2.36. The molecule has 0 atom stereocenters. The van der Waals surface area contributed by atoms with Crippen LogP contribution in [0.5, 0.6) is 0 Å². The third-order valence-electron chi connectivity index (χ3n) is 3.11. The Morgan fingerprint density at radius 1 is 1.40 bits per heavy atom. The van der Waals surface area contributed by atoms with Gasteiger partial charge in [0.2, 0.25) is 0 Å². The summed E-state index contributed by atoms with van der Waals surface area (Å²) in [7, 11) is 0. The van der Waals surface area contributed by atoms with Crippen LogP contribution in [-0.4, -0.2) is 21.7 Å². The normalized spacial score (nSPS) is 11.1. The standard InChI is InChI=1S/C14H17N5S/c1-2-3-5-16-10-8-13(15)18-11-7-12(20-14(10)11)9-4-6-17-19-9/h4,6-8H,2-3,5H2,1H3,(H,17,19)(H3,15,16,18). The lowest BCUT2D eigenvalue weighted by molar-refractivity contribution is 0.835. The van der Waals surface area contributed by atoms with Gasteiger partial charge in [-0.25, -0.2) is 4.98 Å². The van der Waals surface area contributed by atoms with Crippen LogP contribution in [0.15, 0.2) is 24.4 Å². The second kappa shape index (κ2) is 5.50. The summed E-state index contributed by atoms with van der Waals surface area (Å²) < 4.78 is 1.14. The Kier molecular flexibility index (Phi) is 3.56. The zero-order chi connectivity index (χ0) is 13.9. The van der Waals surface area contributed by atoms with Gasteiger partial charge in [-0.15, -0.1) is 11.3 Å². The van der Waals surface area contributed by atoms with Crippen LogP contribution in [0.4, 0.5) is 11.5 Å². The van der Waals surface area contributed by atoms with Crippen LogP contribution < -0.4 is 11.1 Å². The molecule has 0 fully saturated rings. The molecule has 3 rings (SSSR count). The van der Waals surface area contributed by atoms with E-state index in [1.54, 1.807) is 17.5 Å². The molecule has 0 aliphatic heterocycles. The van der Waals surface area contributed by atoms with Gasteiger partial charge in [-0.3, -0.25) is 5.10 Å². The van der Waals surface area contributed by atoms with Gasteiger partial charge in [0.1, 0.15) is 5.82 Å². The number of pyridine rings is 1. The molecule has 3 aromatic rings. The Hall–Kier alpha value is -2.08. The maximum absolute atomic E-state index is 5.89. The molecule has 0 bridgehead atoms. The lowest BCUT2D eigenvalue weighted by Gasteiger charge is -2.07. The Labute approximate surface area is 121 Å². The number of thiophene rings is 1. The Balaban J connectivity index is 2.01. The van der Waals surface area contributed by atoms with Gasteiger partial charge >= 0.3 is 0 Å². The van der Waals surface area contributed by atoms with Gasteiger partial charge in [-0.05, 0) is 18.6 Å². The van der Waals surface area contributed by atoms with E-state index < -0.39 is 0 Å². The van der Waals surface area contributed by atoms with Crippen LogP contribution in [0.3, 0.4) is 0 Å². The molecule has 104 valence electrons. The lowest BCUT2D eigenvalue weighted by Crippen LogP contribution is -2.02. The monoisotopic (exact) mass is 287 g/mol. The Morgan fingerprint density at radius 2 is 2.30 bits per heavy atom. The fourth-order valence-electron chi connectivity index (χ4n) is 2.10. The van der Waals surface area contributed by atoms with Crippen LogP contribution in [0.25, 0.3) is 20.8 Å². The van der Waals surface area contributed by atoms with Gasteiger partial charge in [0.05, 0.1) is 26.5 Å². The van der Waals surface area contributed by atoms with Crippen molar-refractivity contribution in [1.29, 1.82) is 0 Å². The van der Waals surface area contributed by atoms with Crippen molar-refractivity contribution in [2.75, 3.05) is 17.6 Å². The van der Waals surface area contributed by atoms with E-state index in [0.29, 0.717) is 5.82 Å². The van der Waals surface area contributed by atoms with E-state index in [2.05, 4.69) is 33.5 Å². The van der Waals surface area contributed by atoms with Crippen molar-refractivity contribution in [3.63, 3.8) is 0 Å². The first-order chi connectivity index (χ1) is 9.78. The van der Waals surface area contributed by atoms with Gasteiger partial charge in [-0.2, -0.15) is 5.10 Å². The number of aromatic amines is 1. The third kappa shape index (κ3) is 2.46. The first kappa shape index (κ1) is 12.9. The minimum Gasteiger partial charge on any atom is -0.384 e. The summed E-state index contributed by atoms with van der Waals surface area (Å²) in [6.07, 6.45) is 4.06. The molecule has 4 N–H and O–H groups in total. The van der Waals surface area contributed by atoms with Crippen molar-refractivity contribution in [3.05, 3.63) is 24.4 Å². The smallest absolute Gasteiger partial charge is 0.126 e. The third-order valence-corrected chi connectivity index (χ3v) is 4.30. The summed E-state index contributed by atoms with van der Waals surface area (Å²) in [5.41, 5.74) is 8.89. The minimum absolute atomic E-state index is 0.547. The van der Waals surface area contributed by atoms with E-state index in [1.807, 2.05) is 12.1 Å². The lowest BCUT2D eigenvalue weighted by atomic mass is 10.3. The van der Waals surface area contributed by atoms with Gasteiger partial charge in [0.25, 0.3) is 0 Å². The molecule has 0 aliphatic carbocycles. The molecule has 3 aromatic heterocycles. The summed E-state index contributed by atoms with van der Waals surface area (Å²) in [6, 6.07) is 5.92. The topological polar surface area (TPSA) is 79.6 Å². The molecular formula is C14H17N5S. The number of hydrogen-bond donors (Lipinski definition) is 3. The SMILES string of the molecule is CCCCNc1cc(N)nc2cc(-c3ccn[nH]3)sc12. The Morgan fingerprint density at radius 3 is 3.05 bits per heavy atom. The number of anilines is 2. The molecule has 0 saturated heterocycles. The highest BCUT2D eigenvalue weighted by Gasteiger charge is 2.11. The summed E-state index contributed by atoms with van der Waals surface area (Å²) in [5.74, 6) is 0.547. The molecule has 0 amide bonds. The number of unbranched alkanes of at least 4 members (excludes halogenated alkanes) is 1. The van der Waals surface area contributed by atoms with Crippen molar-refractivity contribution in [3.8, 4) is 10.6 Å². The van der Waals surface area contributed by atoms with Crippen molar-refractivity contribution in [1.82, 2.24) is 15.2 Å². The van der Waals surface area contributed by atoms with Crippen LogP contribution in [0, 0.1) is 0 Å².